The number of aliphatic carboxylic acids is 1. The van der Waals surface area contributed by atoms with Crippen LogP contribution in [0.5, 0.6) is 0 Å². The molecule has 0 spiro atoms. The van der Waals surface area contributed by atoms with Crippen LogP contribution in [0.4, 0.5) is 0 Å². The molecule has 0 amide bonds. The maximum Gasteiger partial charge on any atom is 0.367 e. The van der Waals surface area contributed by atoms with Gasteiger partial charge in [-0.05, 0) is 0 Å². The molecule has 4 N–H and O–H groups in total. The quantitative estimate of drug-likeness (QED) is 0.373. The average Bonchev–Trinajstić information content (AvgIpc) is 2.01. The zero-order chi connectivity index (χ0) is 9.94. The summed E-state index contributed by atoms with van der Waals surface area (Å²) in [6, 6.07) is 0. The van der Waals surface area contributed by atoms with Gasteiger partial charge in [-0.1, -0.05) is 6.92 Å². The van der Waals surface area contributed by atoms with Crippen LogP contribution in [0.3, 0.4) is 0 Å². The van der Waals surface area contributed by atoms with Gasteiger partial charge in [-0.25, -0.2) is 4.79 Å². The molecule has 12 heavy (non-hydrogen) atoms. The lowest BCUT2D eigenvalue weighted by molar-refractivity contribution is -0.233. The van der Waals surface area contributed by atoms with E-state index in [1.807, 2.05) is 0 Å². The summed E-state index contributed by atoms with van der Waals surface area (Å²) >= 11 is 0. The van der Waals surface area contributed by atoms with Crippen LogP contribution >= 0.6 is 0 Å². The Morgan fingerprint density at radius 2 is 1.83 bits per heavy atom. The molecule has 6 nitrogen and oxygen atoms in total. The lowest BCUT2D eigenvalue weighted by Crippen LogP contribution is -2.53. The number of ketones is 1. The van der Waals surface area contributed by atoms with Crippen LogP contribution in [0, 0.1) is 0 Å². The number of carboxylic acids is 1. The molecule has 0 saturated heterocycles. The Morgan fingerprint density at radius 1 is 1.42 bits per heavy atom. The number of rotatable bonds is 4. The minimum Gasteiger partial charge on any atom is -0.477 e. The molecular weight excluding hydrogens is 168 g/mol. The number of hydrogen-bond donors (Lipinski definition) is 4. The monoisotopic (exact) mass is 178 g/mol. The molecule has 70 valence electrons. The Balaban J connectivity index is 4.56. The first-order chi connectivity index (χ1) is 5.34. The number of hydrogen-bond acceptors (Lipinski definition) is 5. The van der Waals surface area contributed by atoms with Gasteiger partial charge >= 0.3 is 5.97 Å². The SMILES string of the molecule is CCC(=O)C(O)C(O)(O)C(=O)O. The Labute approximate surface area is 68.1 Å². The summed E-state index contributed by atoms with van der Waals surface area (Å²) in [7, 11) is 0. The summed E-state index contributed by atoms with van der Waals surface area (Å²) in [6.45, 7) is 1.36. The van der Waals surface area contributed by atoms with E-state index in [1.165, 1.54) is 6.92 Å². The molecule has 0 radical (unpaired) electrons. The molecule has 0 aliphatic carbocycles. The van der Waals surface area contributed by atoms with Gasteiger partial charge in [0.05, 0.1) is 0 Å². The van der Waals surface area contributed by atoms with Crippen LogP contribution in [0.1, 0.15) is 13.3 Å². The van der Waals surface area contributed by atoms with E-state index in [2.05, 4.69) is 0 Å². The first-order valence-electron chi connectivity index (χ1n) is 3.23. The molecule has 0 fully saturated rings. The van der Waals surface area contributed by atoms with Crippen LogP contribution in [-0.2, 0) is 9.59 Å². The van der Waals surface area contributed by atoms with Crippen LogP contribution in [-0.4, -0.2) is 44.1 Å². The van der Waals surface area contributed by atoms with E-state index in [0.717, 1.165) is 0 Å². The second kappa shape index (κ2) is 3.61. The first kappa shape index (κ1) is 11.0. The molecule has 0 aliphatic heterocycles. The summed E-state index contributed by atoms with van der Waals surface area (Å²) in [5.74, 6) is -6.40. The van der Waals surface area contributed by atoms with Crippen molar-refractivity contribution >= 4 is 11.8 Å². The van der Waals surface area contributed by atoms with E-state index in [0.29, 0.717) is 0 Å². The van der Waals surface area contributed by atoms with Gasteiger partial charge in [-0.3, -0.25) is 4.79 Å². The summed E-state index contributed by atoms with van der Waals surface area (Å²) in [4.78, 5) is 20.7. The topological polar surface area (TPSA) is 115 Å². The molecule has 0 aromatic rings. The molecule has 0 aromatic heterocycles. The van der Waals surface area contributed by atoms with Crippen molar-refractivity contribution in [3.63, 3.8) is 0 Å². The van der Waals surface area contributed by atoms with E-state index in [1.54, 1.807) is 0 Å². The second-order valence-corrected chi connectivity index (χ2v) is 2.25. The van der Waals surface area contributed by atoms with Crippen LogP contribution in [0.25, 0.3) is 0 Å². The first-order valence-corrected chi connectivity index (χ1v) is 3.23. The molecule has 0 bridgehead atoms. The number of aliphatic hydroxyl groups excluding tert-OH is 1. The highest BCUT2D eigenvalue weighted by Gasteiger charge is 2.45. The Morgan fingerprint density at radius 3 is 2.08 bits per heavy atom. The van der Waals surface area contributed by atoms with Crippen molar-refractivity contribution in [2.45, 2.75) is 25.2 Å². The van der Waals surface area contributed by atoms with Crippen molar-refractivity contribution in [3.8, 4) is 0 Å². The van der Waals surface area contributed by atoms with Gasteiger partial charge in [0.25, 0.3) is 5.79 Å². The van der Waals surface area contributed by atoms with E-state index in [9.17, 15) is 9.59 Å². The van der Waals surface area contributed by atoms with Gasteiger partial charge in [0.1, 0.15) is 0 Å². The third-order valence-corrected chi connectivity index (χ3v) is 1.35. The molecule has 1 atom stereocenters. The predicted molar refractivity (Wildman–Crippen MR) is 36.1 cm³/mol. The van der Waals surface area contributed by atoms with E-state index in [-0.39, 0.29) is 6.42 Å². The Bertz CT molecular complexity index is 196. The van der Waals surface area contributed by atoms with Gasteiger partial charge < -0.3 is 20.4 Å². The molecule has 6 heteroatoms. The van der Waals surface area contributed by atoms with Crippen molar-refractivity contribution in [3.05, 3.63) is 0 Å². The number of carbonyl (C=O) groups excluding carboxylic acids is 1. The Kier molecular flexibility index (Phi) is 3.32. The van der Waals surface area contributed by atoms with Gasteiger partial charge in [0, 0.05) is 6.42 Å². The summed E-state index contributed by atoms with van der Waals surface area (Å²) in [5, 5.41) is 34.2. The zero-order valence-electron chi connectivity index (χ0n) is 6.39. The third-order valence-electron chi connectivity index (χ3n) is 1.35. The molecule has 0 heterocycles. The fourth-order valence-electron chi connectivity index (χ4n) is 0.535. The van der Waals surface area contributed by atoms with Gasteiger partial charge in [0.2, 0.25) is 0 Å². The highest BCUT2D eigenvalue weighted by atomic mass is 16.6. The summed E-state index contributed by atoms with van der Waals surface area (Å²) in [5.41, 5.74) is 0. The molecule has 0 saturated carbocycles. The number of carboxylic acid groups (broad SMARTS) is 1. The van der Waals surface area contributed by atoms with Crippen molar-refractivity contribution in [2.24, 2.45) is 0 Å². The lowest BCUT2D eigenvalue weighted by Gasteiger charge is -2.20. The fraction of sp³-hybridized carbons (Fsp3) is 0.667. The zero-order valence-corrected chi connectivity index (χ0v) is 6.39. The lowest BCUT2D eigenvalue weighted by atomic mass is 10.0. The van der Waals surface area contributed by atoms with E-state index >= 15 is 0 Å². The second-order valence-electron chi connectivity index (χ2n) is 2.25. The van der Waals surface area contributed by atoms with Crippen LogP contribution < -0.4 is 0 Å². The van der Waals surface area contributed by atoms with Gasteiger partial charge in [-0.2, -0.15) is 0 Å². The maximum atomic E-state index is 10.6. The fourth-order valence-corrected chi connectivity index (χ4v) is 0.535. The standard InChI is InChI=1S/C6H10O6/c1-2-3(7)4(8)6(11,12)5(9)10/h4,8,11-12H,2H2,1H3,(H,9,10). The van der Waals surface area contributed by atoms with Crippen LogP contribution in [0.2, 0.25) is 0 Å². The average molecular weight is 178 g/mol. The largest absolute Gasteiger partial charge is 0.477 e. The maximum absolute atomic E-state index is 10.6. The smallest absolute Gasteiger partial charge is 0.367 e. The minimum absolute atomic E-state index is 0.169. The molecule has 0 aliphatic rings. The normalized spacial score (nSPS) is 14.0. The molecule has 0 aromatic carbocycles. The van der Waals surface area contributed by atoms with Crippen LogP contribution in [0.15, 0.2) is 0 Å². The number of Topliss-reactive ketones (excluding diaryl/α,β-unsaturated/α-hetero) is 1. The van der Waals surface area contributed by atoms with E-state index in [4.69, 9.17) is 20.4 Å². The highest BCUT2D eigenvalue weighted by molar-refractivity contribution is 5.90. The predicted octanol–water partition coefficient (Wildman–Crippen LogP) is -1.91. The van der Waals surface area contributed by atoms with Crippen molar-refractivity contribution < 1.29 is 30.0 Å². The Hall–Kier alpha value is -0.980. The summed E-state index contributed by atoms with van der Waals surface area (Å²) < 4.78 is 0. The van der Waals surface area contributed by atoms with Crippen molar-refractivity contribution in [1.82, 2.24) is 0 Å². The molecular formula is C6H10O6. The number of carbonyl (C=O) groups is 2. The van der Waals surface area contributed by atoms with Gasteiger partial charge in [0.15, 0.2) is 11.9 Å². The minimum atomic E-state index is -3.40. The third kappa shape index (κ3) is 2.00. The van der Waals surface area contributed by atoms with Gasteiger partial charge in [-0.15, -0.1) is 0 Å². The molecule has 1 unspecified atom stereocenters. The summed E-state index contributed by atoms with van der Waals surface area (Å²) in [6.07, 6.45) is -2.47. The van der Waals surface area contributed by atoms with Crippen molar-refractivity contribution in [1.29, 1.82) is 0 Å². The number of aliphatic hydroxyl groups is 3. The highest BCUT2D eigenvalue weighted by Crippen LogP contribution is 2.09. The van der Waals surface area contributed by atoms with E-state index < -0.39 is 23.6 Å². The molecule has 0 rings (SSSR count). The van der Waals surface area contributed by atoms with Crippen molar-refractivity contribution in [2.75, 3.05) is 0 Å².